The summed E-state index contributed by atoms with van der Waals surface area (Å²) >= 11 is 0. The van der Waals surface area contributed by atoms with Gasteiger partial charge in [0, 0.05) is 43.6 Å². The minimum absolute atomic E-state index is 0.0751. The Morgan fingerprint density at radius 1 is 0.519 bits per heavy atom. The van der Waals surface area contributed by atoms with Crippen LogP contribution >= 0.6 is 0 Å². The number of para-hydroxylation sites is 2. The van der Waals surface area contributed by atoms with Gasteiger partial charge in [0.2, 0.25) is 0 Å². The average molecular weight is 691 g/mol. The lowest BCUT2D eigenvalue weighted by atomic mass is 9.82. The van der Waals surface area contributed by atoms with Crippen molar-refractivity contribution in [1.29, 1.82) is 0 Å². The fraction of sp³-hybridized carbons (Fsp3) is 0.0769. The largest absolute Gasteiger partial charge is 0.309 e. The monoisotopic (exact) mass is 690 g/mol. The molecule has 0 bridgehead atoms. The van der Waals surface area contributed by atoms with Crippen molar-refractivity contribution in [3.8, 4) is 39.1 Å². The van der Waals surface area contributed by atoms with Gasteiger partial charge in [-0.25, -0.2) is 0 Å². The Hall–Kier alpha value is -6.64. The zero-order valence-electron chi connectivity index (χ0n) is 30.7. The molecule has 256 valence electrons. The highest BCUT2D eigenvalue weighted by atomic mass is 15.0. The van der Waals surface area contributed by atoms with E-state index in [2.05, 4.69) is 194 Å². The SMILES string of the molecule is C=Cc1c(/C=C\C)c2cc(-c3cccc(-c4ccc5c6cccc7c8ccccc8n(c5c4)c76)c3)ccc2n1-c1ccc2c(c1)C(C)(C)c1ccccc1-2. The molecule has 0 radical (unpaired) electrons. The molecule has 1 aliphatic carbocycles. The van der Waals surface area contributed by atoms with Gasteiger partial charge in [0.1, 0.15) is 0 Å². The van der Waals surface area contributed by atoms with Crippen molar-refractivity contribution in [3.05, 3.63) is 181 Å². The molecule has 7 aromatic carbocycles. The van der Waals surface area contributed by atoms with Crippen LogP contribution < -0.4 is 0 Å². The Bertz CT molecular complexity index is 3210. The van der Waals surface area contributed by atoms with Crippen molar-refractivity contribution in [2.75, 3.05) is 0 Å². The molecule has 10 aromatic rings. The van der Waals surface area contributed by atoms with Gasteiger partial charge in [0.15, 0.2) is 0 Å². The van der Waals surface area contributed by atoms with Crippen molar-refractivity contribution in [2.24, 2.45) is 0 Å². The standard InChI is InChI=1S/C52H38N2/c1-5-13-39-44-29-34(23-27-49(44)53(47(39)6-2)36-24-26-38-37-16-7-9-20-45(37)52(3,4)46(38)31-36)32-14-11-15-33(28-32)35-22-25-41-43-19-12-18-42-40-17-8-10-21-48(40)54(51(42)43)50(41)30-35/h5-31H,2H2,1,3-4H3/b13-5-. The lowest BCUT2D eigenvalue weighted by Gasteiger charge is -2.22. The molecule has 1 aliphatic rings. The van der Waals surface area contributed by atoms with Crippen molar-refractivity contribution < 1.29 is 0 Å². The van der Waals surface area contributed by atoms with Gasteiger partial charge < -0.3 is 8.97 Å². The van der Waals surface area contributed by atoms with Crippen molar-refractivity contribution >= 4 is 61.1 Å². The summed E-state index contributed by atoms with van der Waals surface area (Å²) in [7, 11) is 0. The van der Waals surface area contributed by atoms with Crippen LogP contribution in [0, 0.1) is 0 Å². The topological polar surface area (TPSA) is 9.34 Å². The highest BCUT2D eigenvalue weighted by molar-refractivity contribution is 6.23. The van der Waals surface area contributed by atoms with Crippen LogP contribution in [-0.4, -0.2) is 8.97 Å². The summed E-state index contributed by atoms with van der Waals surface area (Å²) in [6.45, 7) is 11.1. The molecule has 2 heteroatoms. The number of hydrogen-bond donors (Lipinski definition) is 0. The van der Waals surface area contributed by atoms with Crippen LogP contribution in [0.15, 0.2) is 158 Å². The van der Waals surface area contributed by atoms with E-state index in [-0.39, 0.29) is 5.41 Å². The molecule has 3 heterocycles. The number of hydrogen-bond acceptors (Lipinski definition) is 0. The van der Waals surface area contributed by atoms with Crippen LogP contribution in [0.2, 0.25) is 0 Å². The summed E-state index contributed by atoms with van der Waals surface area (Å²) in [4.78, 5) is 0. The maximum absolute atomic E-state index is 4.32. The molecule has 0 fully saturated rings. The van der Waals surface area contributed by atoms with Crippen LogP contribution in [0.25, 0.3) is 100 Å². The van der Waals surface area contributed by atoms with E-state index in [9.17, 15) is 0 Å². The summed E-state index contributed by atoms with van der Waals surface area (Å²) in [5, 5.41) is 6.44. The Morgan fingerprint density at radius 3 is 2.00 bits per heavy atom. The predicted molar refractivity (Wildman–Crippen MR) is 231 cm³/mol. The van der Waals surface area contributed by atoms with Crippen LogP contribution in [0.3, 0.4) is 0 Å². The molecule has 0 spiro atoms. The van der Waals surface area contributed by atoms with E-state index in [4.69, 9.17) is 0 Å². The highest BCUT2D eigenvalue weighted by Gasteiger charge is 2.35. The molecule has 0 saturated heterocycles. The molecule has 0 amide bonds. The third-order valence-corrected chi connectivity index (χ3v) is 12.1. The van der Waals surface area contributed by atoms with Crippen molar-refractivity contribution in [1.82, 2.24) is 8.97 Å². The number of aromatic nitrogens is 2. The molecule has 0 aliphatic heterocycles. The number of nitrogens with zero attached hydrogens (tertiary/aromatic N) is 2. The molecular weight excluding hydrogens is 653 g/mol. The molecule has 0 atom stereocenters. The predicted octanol–water partition coefficient (Wildman–Crippen LogP) is 14.1. The Balaban J connectivity index is 1.05. The first-order chi connectivity index (χ1) is 26.5. The summed E-state index contributed by atoms with van der Waals surface area (Å²) in [6.07, 6.45) is 6.37. The Kier molecular flexibility index (Phi) is 6.41. The van der Waals surface area contributed by atoms with E-state index < -0.39 is 0 Å². The molecule has 11 rings (SSSR count). The quantitative estimate of drug-likeness (QED) is 0.170. The van der Waals surface area contributed by atoms with Gasteiger partial charge in [0.25, 0.3) is 0 Å². The first-order valence-electron chi connectivity index (χ1n) is 18.9. The third kappa shape index (κ3) is 4.11. The van der Waals surface area contributed by atoms with Gasteiger partial charge in [-0.3, -0.25) is 0 Å². The molecule has 0 saturated carbocycles. The van der Waals surface area contributed by atoms with Crippen molar-refractivity contribution in [3.63, 3.8) is 0 Å². The maximum atomic E-state index is 4.32. The first-order valence-corrected chi connectivity index (χ1v) is 18.9. The fourth-order valence-electron chi connectivity index (χ4n) is 9.66. The van der Waals surface area contributed by atoms with E-state index >= 15 is 0 Å². The van der Waals surface area contributed by atoms with E-state index in [1.807, 2.05) is 6.08 Å². The second-order valence-corrected chi connectivity index (χ2v) is 15.3. The summed E-state index contributed by atoms with van der Waals surface area (Å²) in [6, 6.07) is 54.2. The number of fused-ring (bicyclic) bond motifs is 10. The van der Waals surface area contributed by atoms with Gasteiger partial charge in [-0.1, -0.05) is 136 Å². The van der Waals surface area contributed by atoms with Crippen molar-refractivity contribution in [2.45, 2.75) is 26.2 Å². The highest BCUT2D eigenvalue weighted by Crippen LogP contribution is 2.49. The van der Waals surface area contributed by atoms with Gasteiger partial charge in [-0.05, 0) is 100.0 Å². The Morgan fingerprint density at radius 2 is 1.19 bits per heavy atom. The van der Waals surface area contributed by atoms with E-state index in [0.29, 0.717) is 0 Å². The van der Waals surface area contributed by atoms with Gasteiger partial charge >= 0.3 is 0 Å². The minimum Gasteiger partial charge on any atom is -0.309 e. The lowest BCUT2D eigenvalue weighted by Crippen LogP contribution is -2.15. The van der Waals surface area contributed by atoms with Gasteiger partial charge in [-0.2, -0.15) is 0 Å². The molecule has 2 nitrogen and oxygen atoms in total. The summed E-state index contributed by atoms with van der Waals surface area (Å²) in [5.41, 5.74) is 18.6. The molecule has 3 aromatic heterocycles. The van der Waals surface area contributed by atoms with Crippen LogP contribution in [0.5, 0.6) is 0 Å². The Labute approximate surface area is 314 Å². The summed E-state index contributed by atoms with van der Waals surface area (Å²) < 4.78 is 4.85. The smallest absolute Gasteiger partial charge is 0.0620 e. The van der Waals surface area contributed by atoms with E-state index in [1.54, 1.807) is 0 Å². The second-order valence-electron chi connectivity index (χ2n) is 15.3. The number of allylic oxidation sites excluding steroid dienone is 1. The van der Waals surface area contributed by atoms with E-state index in [1.165, 1.54) is 99.1 Å². The van der Waals surface area contributed by atoms with Crippen LogP contribution in [-0.2, 0) is 5.41 Å². The maximum Gasteiger partial charge on any atom is 0.0620 e. The van der Waals surface area contributed by atoms with Gasteiger partial charge in [-0.15, -0.1) is 0 Å². The lowest BCUT2D eigenvalue weighted by molar-refractivity contribution is 0.660. The normalized spacial score (nSPS) is 13.6. The molecular formula is C52H38N2. The molecule has 54 heavy (non-hydrogen) atoms. The fourth-order valence-corrected chi connectivity index (χ4v) is 9.66. The first kappa shape index (κ1) is 30.9. The van der Waals surface area contributed by atoms with Gasteiger partial charge in [0.05, 0.1) is 27.8 Å². The number of rotatable bonds is 5. The molecule has 0 unspecified atom stereocenters. The zero-order valence-corrected chi connectivity index (χ0v) is 30.7. The van der Waals surface area contributed by atoms with Crippen LogP contribution in [0.4, 0.5) is 0 Å². The average Bonchev–Trinajstić information content (AvgIpc) is 3.90. The number of benzene rings is 7. The van der Waals surface area contributed by atoms with E-state index in [0.717, 1.165) is 11.4 Å². The third-order valence-electron chi connectivity index (χ3n) is 12.1. The second kappa shape index (κ2) is 11.2. The minimum atomic E-state index is -0.0751. The zero-order chi connectivity index (χ0) is 36.3. The van der Waals surface area contributed by atoms with Crippen LogP contribution in [0.1, 0.15) is 43.2 Å². The summed E-state index contributed by atoms with van der Waals surface area (Å²) in [5.74, 6) is 0. The molecule has 0 N–H and O–H groups in total.